The Balaban J connectivity index is 0.00000300. The van der Waals surface area contributed by atoms with Crippen molar-refractivity contribution in [3.05, 3.63) is 70.1 Å². The van der Waals surface area contributed by atoms with Crippen molar-refractivity contribution in [2.75, 3.05) is 26.2 Å². The van der Waals surface area contributed by atoms with Crippen LogP contribution in [0.2, 0.25) is 0 Å². The molecule has 158 valence electrons. The van der Waals surface area contributed by atoms with Crippen LogP contribution in [0.1, 0.15) is 43.4 Å². The molecule has 2 heterocycles. The van der Waals surface area contributed by atoms with Gasteiger partial charge in [0.05, 0.1) is 0 Å². The van der Waals surface area contributed by atoms with Crippen LogP contribution >= 0.6 is 24.0 Å². The van der Waals surface area contributed by atoms with Gasteiger partial charge < -0.3 is 14.8 Å². The molecule has 1 aliphatic rings. The Bertz CT molecular complexity index is 834. The predicted octanol–water partition coefficient (Wildman–Crippen LogP) is 4.01. The third-order valence-electron chi connectivity index (χ3n) is 5.41. The molecular weight excluding hydrogens is 475 g/mol. The molecule has 3 rings (SSSR count). The van der Waals surface area contributed by atoms with Crippen molar-refractivity contribution in [3.8, 4) is 0 Å². The van der Waals surface area contributed by atoms with Crippen LogP contribution in [0.25, 0.3) is 0 Å². The first-order chi connectivity index (χ1) is 13.7. The van der Waals surface area contributed by atoms with Crippen LogP contribution in [0.15, 0.2) is 58.3 Å². The molecule has 1 unspecified atom stereocenters. The van der Waals surface area contributed by atoms with Gasteiger partial charge >= 0.3 is 0 Å². The number of aliphatic imine (C=N–C) groups is 1. The van der Waals surface area contributed by atoms with Gasteiger partial charge in [0.15, 0.2) is 5.96 Å². The van der Waals surface area contributed by atoms with Crippen LogP contribution in [-0.2, 0) is 6.54 Å². The van der Waals surface area contributed by atoms with E-state index in [4.69, 9.17) is 4.99 Å². The second kappa shape index (κ2) is 12.0. The zero-order valence-corrected chi connectivity index (χ0v) is 19.8. The molecule has 6 heteroatoms. The summed E-state index contributed by atoms with van der Waals surface area (Å²) in [6.45, 7) is 8.60. The number of hydrogen-bond donors (Lipinski definition) is 1. The smallest absolute Gasteiger partial charge is 0.250 e. The molecule has 0 spiro atoms. The molecule has 0 aliphatic carbocycles. The predicted molar refractivity (Wildman–Crippen MR) is 131 cm³/mol. The van der Waals surface area contributed by atoms with E-state index in [0.717, 1.165) is 57.2 Å². The van der Waals surface area contributed by atoms with Crippen molar-refractivity contribution in [2.45, 2.75) is 45.6 Å². The molecule has 1 saturated heterocycles. The average Bonchev–Trinajstić information content (AvgIpc) is 3.19. The van der Waals surface area contributed by atoms with E-state index in [9.17, 15) is 4.79 Å². The molecule has 1 aromatic heterocycles. The van der Waals surface area contributed by atoms with E-state index < -0.39 is 0 Å². The zero-order chi connectivity index (χ0) is 19.8. The second-order valence-corrected chi connectivity index (χ2v) is 7.44. The minimum absolute atomic E-state index is 0. The van der Waals surface area contributed by atoms with E-state index in [-0.39, 0.29) is 29.5 Å². The van der Waals surface area contributed by atoms with Crippen LogP contribution in [0, 0.1) is 6.92 Å². The van der Waals surface area contributed by atoms with Crippen molar-refractivity contribution in [2.24, 2.45) is 4.99 Å². The van der Waals surface area contributed by atoms with Crippen LogP contribution in [0.4, 0.5) is 0 Å². The van der Waals surface area contributed by atoms with Crippen LogP contribution in [-0.4, -0.2) is 41.6 Å². The highest BCUT2D eigenvalue weighted by Gasteiger charge is 2.25. The van der Waals surface area contributed by atoms with E-state index in [1.165, 1.54) is 12.0 Å². The summed E-state index contributed by atoms with van der Waals surface area (Å²) in [5.74, 6) is 1.60. The lowest BCUT2D eigenvalue weighted by Crippen LogP contribution is -2.40. The Morgan fingerprint density at radius 2 is 1.93 bits per heavy atom. The number of pyridine rings is 1. The monoisotopic (exact) mass is 508 g/mol. The number of likely N-dealkylation sites (tertiary alicyclic amines) is 1. The molecule has 1 N–H and O–H groups in total. The van der Waals surface area contributed by atoms with E-state index in [0.29, 0.717) is 5.92 Å². The molecule has 1 aliphatic heterocycles. The highest BCUT2D eigenvalue weighted by molar-refractivity contribution is 14.0. The molecular formula is C23H33IN4O. The maximum absolute atomic E-state index is 11.9. The summed E-state index contributed by atoms with van der Waals surface area (Å²) in [4.78, 5) is 19.2. The molecule has 5 nitrogen and oxygen atoms in total. The summed E-state index contributed by atoms with van der Waals surface area (Å²) in [6.07, 6.45) is 3.11. The Morgan fingerprint density at radius 3 is 2.66 bits per heavy atom. The molecule has 1 atom stereocenters. The van der Waals surface area contributed by atoms with E-state index in [1.54, 1.807) is 6.07 Å². The number of guanidine groups is 1. The number of hydrogen-bond acceptors (Lipinski definition) is 2. The fourth-order valence-electron chi connectivity index (χ4n) is 3.85. The van der Waals surface area contributed by atoms with E-state index in [1.807, 2.05) is 23.6 Å². The first-order valence-corrected chi connectivity index (χ1v) is 10.4. The van der Waals surface area contributed by atoms with E-state index in [2.05, 4.69) is 47.5 Å². The van der Waals surface area contributed by atoms with Crippen molar-refractivity contribution in [3.63, 3.8) is 0 Å². The third kappa shape index (κ3) is 6.59. The van der Waals surface area contributed by atoms with Crippen molar-refractivity contribution >= 4 is 29.9 Å². The first-order valence-electron chi connectivity index (χ1n) is 10.4. The standard InChI is InChI=1S/C23H32N4O.HI/c1-3-24-23(26-17-14-21(18-26)20-11-5-4-6-12-20)25-15-7-8-16-27-19(2)10-9-13-22(27)28;/h4-6,9-13,21H,3,7-8,14-18H2,1-2H3,(H,24,25);1H. The van der Waals surface area contributed by atoms with E-state index >= 15 is 0 Å². The van der Waals surface area contributed by atoms with Crippen LogP contribution < -0.4 is 10.9 Å². The number of aromatic nitrogens is 1. The lowest BCUT2D eigenvalue weighted by atomic mass is 9.99. The van der Waals surface area contributed by atoms with Gasteiger partial charge in [-0.2, -0.15) is 0 Å². The van der Waals surface area contributed by atoms with Gasteiger partial charge in [0, 0.05) is 50.4 Å². The van der Waals surface area contributed by atoms with Gasteiger partial charge in [-0.05, 0) is 44.7 Å². The lowest BCUT2D eigenvalue weighted by molar-refractivity contribution is 0.484. The number of aryl methyl sites for hydroxylation is 1. The molecule has 0 bridgehead atoms. The van der Waals surface area contributed by atoms with Gasteiger partial charge in [0.2, 0.25) is 0 Å². The Hall–Kier alpha value is -1.83. The highest BCUT2D eigenvalue weighted by Crippen LogP contribution is 2.26. The molecule has 0 amide bonds. The first kappa shape index (κ1) is 23.4. The van der Waals surface area contributed by atoms with Gasteiger partial charge in [-0.1, -0.05) is 36.4 Å². The molecule has 29 heavy (non-hydrogen) atoms. The normalized spacial score (nSPS) is 16.6. The Labute approximate surface area is 191 Å². The minimum Gasteiger partial charge on any atom is -0.357 e. The number of nitrogens with one attached hydrogen (secondary N) is 1. The summed E-state index contributed by atoms with van der Waals surface area (Å²) in [6, 6.07) is 16.2. The average molecular weight is 508 g/mol. The molecule has 0 radical (unpaired) electrons. The lowest BCUT2D eigenvalue weighted by Gasteiger charge is -2.22. The number of rotatable bonds is 7. The zero-order valence-electron chi connectivity index (χ0n) is 17.5. The van der Waals surface area contributed by atoms with Gasteiger partial charge in [-0.25, -0.2) is 0 Å². The second-order valence-electron chi connectivity index (χ2n) is 7.44. The fraction of sp³-hybridized carbons (Fsp3) is 0.478. The molecule has 1 fully saturated rings. The fourth-order valence-corrected chi connectivity index (χ4v) is 3.85. The number of nitrogens with zero attached hydrogens (tertiary/aromatic N) is 3. The Morgan fingerprint density at radius 1 is 1.14 bits per heavy atom. The summed E-state index contributed by atoms with van der Waals surface area (Å²) in [5.41, 5.74) is 2.53. The molecule has 1 aromatic carbocycles. The third-order valence-corrected chi connectivity index (χ3v) is 5.41. The maximum atomic E-state index is 11.9. The largest absolute Gasteiger partial charge is 0.357 e. The van der Waals surface area contributed by atoms with Crippen molar-refractivity contribution < 1.29 is 0 Å². The SMILES string of the molecule is CCNC(=NCCCCn1c(C)cccc1=O)N1CCC(c2ccccc2)C1.I. The van der Waals surface area contributed by atoms with Gasteiger partial charge in [0.1, 0.15) is 0 Å². The highest BCUT2D eigenvalue weighted by atomic mass is 127. The summed E-state index contributed by atoms with van der Waals surface area (Å²) < 4.78 is 1.85. The van der Waals surface area contributed by atoms with Gasteiger partial charge in [-0.3, -0.25) is 9.79 Å². The number of halogens is 1. The summed E-state index contributed by atoms with van der Waals surface area (Å²) in [5, 5.41) is 3.44. The summed E-state index contributed by atoms with van der Waals surface area (Å²) in [7, 11) is 0. The number of unbranched alkanes of at least 4 members (excludes halogenated alkanes) is 1. The quantitative estimate of drug-likeness (QED) is 0.266. The van der Waals surface area contributed by atoms with Crippen LogP contribution in [0.5, 0.6) is 0 Å². The topological polar surface area (TPSA) is 49.6 Å². The van der Waals surface area contributed by atoms with Gasteiger partial charge in [0.25, 0.3) is 5.56 Å². The van der Waals surface area contributed by atoms with Crippen LogP contribution in [0.3, 0.4) is 0 Å². The van der Waals surface area contributed by atoms with Gasteiger partial charge in [-0.15, -0.1) is 24.0 Å². The maximum Gasteiger partial charge on any atom is 0.250 e. The van der Waals surface area contributed by atoms with Crippen molar-refractivity contribution in [1.82, 2.24) is 14.8 Å². The Kier molecular flexibility index (Phi) is 9.70. The van der Waals surface area contributed by atoms with Crippen molar-refractivity contribution in [1.29, 1.82) is 0 Å². The molecule has 2 aromatic rings. The number of benzene rings is 1. The minimum atomic E-state index is 0. The summed E-state index contributed by atoms with van der Waals surface area (Å²) >= 11 is 0. The molecule has 0 saturated carbocycles.